The second-order valence-electron chi connectivity index (χ2n) is 5.54. The summed E-state index contributed by atoms with van der Waals surface area (Å²) in [5, 5.41) is 11.1. The molecule has 138 valence electrons. The monoisotopic (exact) mass is 379 g/mol. The lowest BCUT2D eigenvalue weighted by Gasteiger charge is -2.10. The van der Waals surface area contributed by atoms with Gasteiger partial charge in [0.15, 0.2) is 12.3 Å². The van der Waals surface area contributed by atoms with Gasteiger partial charge in [0.1, 0.15) is 0 Å². The van der Waals surface area contributed by atoms with Crippen LogP contribution in [0.5, 0.6) is 0 Å². The van der Waals surface area contributed by atoms with Crippen molar-refractivity contribution in [2.45, 2.75) is 6.92 Å². The molecule has 0 spiro atoms. The fraction of sp³-hybridized carbons (Fsp3) is 0.312. The Balaban J connectivity index is 1.96. The van der Waals surface area contributed by atoms with Crippen LogP contribution in [-0.2, 0) is 14.3 Å². The zero-order chi connectivity index (χ0) is 19.3. The van der Waals surface area contributed by atoms with E-state index in [0.717, 1.165) is 0 Å². The van der Waals surface area contributed by atoms with E-state index >= 15 is 0 Å². The van der Waals surface area contributed by atoms with Gasteiger partial charge in [-0.2, -0.15) is 9.90 Å². The molecule has 0 saturated carbocycles. The van der Waals surface area contributed by atoms with Gasteiger partial charge in [-0.05, 0) is 25.1 Å². The maximum atomic E-state index is 12.1. The molecule has 9 nitrogen and oxygen atoms in total. The minimum Gasteiger partial charge on any atom is -0.451 e. The molecule has 0 atom stereocenters. The Morgan fingerprint density at radius 1 is 1.27 bits per heavy atom. The molecule has 0 unspecified atom stereocenters. The molecule has 0 saturated heterocycles. The van der Waals surface area contributed by atoms with Gasteiger partial charge in [-0.3, -0.25) is 9.59 Å². The normalized spacial score (nSPS) is 10.3. The second kappa shape index (κ2) is 8.43. The predicted octanol–water partition coefficient (Wildman–Crippen LogP) is 0.590. The van der Waals surface area contributed by atoms with E-state index < -0.39 is 18.5 Å². The fourth-order valence-corrected chi connectivity index (χ4v) is 2.05. The second-order valence-corrected chi connectivity index (χ2v) is 5.98. The largest absolute Gasteiger partial charge is 0.451 e. The van der Waals surface area contributed by atoms with Crippen LogP contribution >= 0.6 is 11.6 Å². The van der Waals surface area contributed by atoms with E-state index in [1.165, 1.54) is 9.70 Å². The van der Waals surface area contributed by atoms with Crippen molar-refractivity contribution < 1.29 is 19.1 Å². The molecule has 0 fully saturated rings. The van der Waals surface area contributed by atoms with Gasteiger partial charge >= 0.3 is 5.97 Å². The number of hydrogen-bond acceptors (Lipinski definition) is 6. The van der Waals surface area contributed by atoms with Crippen LogP contribution in [0.2, 0.25) is 5.02 Å². The Labute approximate surface area is 154 Å². The number of amides is 2. The summed E-state index contributed by atoms with van der Waals surface area (Å²) < 4.78 is 4.92. The van der Waals surface area contributed by atoms with E-state index in [2.05, 4.69) is 15.5 Å². The Morgan fingerprint density at radius 3 is 2.65 bits per heavy atom. The van der Waals surface area contributed by atoms with E-state index in [9.17, 15) is 14.4 Å². The van der Waals surface area contributed by atoms with Crippen LogP contribution in [0.15, 0.2) is 24.3 Å². The molecule has 1 aromatic heterocycles. The van der Waals surface area contributed by atoms with Crippen molar-refractivity contribution in [1.29, 1.82) is 0 Å². The van der Waals surface area contributed by atoms with Crippen LogP contribution in [0.1, 0.15) is 16.2 Å². The number of aryl methyl sites for hydroxylation is 1. The number of nitrogens with zero attached hydrogens (tertiary/aromatic N) is 4. The minimum atomic E-state index is -0.787. The standard InChI is InChI=1S/C16H18ClN5O4/c1-10-15(20-22(19-10)12-6-4-5-11(17)7-12)16(25)26-9-13(23)18-8-14(24)21(2)3/h4-7H,8-9H2,1-3H3,(H,18,23). The highest BCUT2D eigenvalue weighted by Crippen LogP contribution is 2.14. The summed E-state index contributed by atoms with van der Waals surface area (Å²) in [5.41, 5.74) is 0.917. The van der Waals surface area contributed by atoms with Gasteiger partial charge < -0.3 is 15.0 Å². The number of aromatic nitrogens is 3. The summed E-state index contributed by atoms with van der Waals surface area (Å²) in [7, 11) is 3.14. The summed E-state index contributed by atoms with van der Waals surface area (Å²) in [5.74, 6) is -1.65. The quantitative estimate of drug-likeness (QED) is 0.736. The zero-order valence-corrected chi connectivity index (χ0v) is 15.3. The van der Waals surface area contributed by atoms with E-state index in [1.54, 1.807) is 45.3 Å². The lowest BCUT2D eigenvalue weighted by molar-refractivity contribution is -0.131. The fourth-order valence-electron chi connectivity index (χ4n) is 1.87. The first-order valence-electron chi connectivity index (χ1n) is 7.62. The summed E-state index contributed by atoms with van der Waals surface area (Å²) in [6.07, 6.45) is 0. The summed E-state index contributed by atoms with van der Waals surface area (Å²) in [6.45, 7) is 0.900. The molecule has 2 aromatic rings. The average Bonchev–Trinajstić information content (AvgIpc) is 2.99. The molecule has 2 amide bonds. The summed E-state index contributed by atoms with van der Waals surface area (Å²) in [6, 6.07) is 6.81. The molecule has 0 radical (unpaired) electrons. The minimum absolute atomic E-state index is 0.0119. The topological polar surface area (TPSA) is 106 Å². The van der Waals surface area contributed by atoms with Gasteiger partial charge in [0.2, 0.25) is 5.91 Å². The third-order valence-electron chi connectivity index (χ3n) is 3.28. The molecule has 0 aliphatic carbocycles. The molecule has 0 aliphatic rings. The number of esters is 1. The number of ether oxygens (including phenoxy) is 1. The Bertz CT molecular complexity index is 834. The highest BCUT2D eigenvalue weighted by Gasteiger charge is 2.19. The zero-order valence-electron chi connectivity index (χ0n) is 14.5. The smallest absolute Gasteiger partial charge is 0.361 e. The van der Waals surface area contributed by atoms with E-state index in [4.69, 9.17) is 16.3 Å². The average molecular weight is 380 g/mol. The van der Waals surface area contributed by atoms with Crippen molar-refractivity contribution in [2.24, 2.45) is 0 Å². The molecule has 10 heteroatoms. The lowest BCUT2D eigenvalue weighted by atomic mass is 10.3. The Kier molecular flexibility index (Phi) is 6.29. The van der Waals surface area contributed by atoms with Crippen LogP contribution in [-0.4, -0.2) is 64.9 Å². The maximum Gasteiger partial charge on any atom is 0.361 e. The van der Waals surface area contributed by atoms with Crippen LogP contribution in [0, 0.1) is 6.92 Å². The molecule has 1 N–H and O–H groups in total. The number of rotatable bonds is 6. The van der Waals surface area contributed by atoms with Crippen LogP contribution in [0.4, 0.5) is 0 Å². The van der Waals surface area contributed by atoms with Gasteiger partial charge in [0.25, 0.3) is 5.91 Å². The molecule has 0 aliphatic heterocycles. The third kappa shape index (κ3) is 5.03. The SMILES string of the molecule is Cc1nn(-c2cccc(Cl)c2)nc1C(=O)OCC(=O)NCC(=O)N(C)C. The van der Waals surface area contributed by atoms with E-state index in [0.29, 0.717) is 16.4 Å². The van der Waals surface area contributed by atoms with Gasteiger partial charge in [0.05, 0.1) is 17.9 Å². The van der Waals surface area contributed by atoms with Crippen molar-refractivity contribution in [1.82, 2.24) is 25.2 Å². The third-order valence-corrected chi connectivity index (χ3v) is 3.52. The number of likely N-dealkylation sites (N-methyl/N-ethyl adjacent to an activating group) is 1. The Morgan fingerprint density at radius 2 is 2.00 bits per heavy atom. The maximum absolute atomic E-state index is 12.1. The van der Waals surface area contributed by atoms with Crippen LogP contribution in [0.3, 0.4) is 0 Å². The molecular formula is C16H18ClN5O4. The summed E-state index contributed by atoms with van der Waals surface area (Å²) in [4.78, 5) is 37.7. The number of benzene rings is 1. The number of hydrogen-bond donors (Lipinski definition) is 1. The number of carbonyl (C=O) groups excluding carboxylic acids is 3. The first-order chi connectivity index (χ1) is 12.3. The molecule has 2 rings (SSSR count). The first kappa shape index (κ1) is 19.4. The first-order valence-corrected chi connectivity index (χ1v) is 7.99. The predicted molar refractivity (Wildman–Crippen MR) is 93.1 cm³/mol. The van der Waals surface area contributed by atoms with E-state index in [-0.39, 0.29) is 18.1 Å². The van der Waals surface area contributed by atoms with Gasteiger partial charge in [0, 0.05) is 19.1 Å². The Hall–Kier alpha value is -2.94. The highest BCUT2D eigenvalue weighted by atomic mass is 35.5. The number of carbonyl (C=O) groups is 3. The molecule has 1 heterocycles. The number of nitrogens with one attached hydrogen (secondary N) is 1. The van der Waals surface area contributed by atoms with Crippen molar-refractivity contribution in [3.63, 3.8) is 0 Å². The van der Waals surface area contributed by atoms with Gasteiger partial charge in [-0.15, -0.1) is 5.10 Å². The molecule has 0 bridgehead atoms. The van der Waals surface area contributed by atoms with Gasteiger partial charge in [-0.25, -0.2) is 4.79 Å². The molecule has 1 aromatic carbocycles. The highest BCUT2D eigenvalue weighted by molar-refractivity contribution is 6.30. The van der Waals surface area contributed by atoms with Crippen LogP contribution < -0.4 is 5.32 Å². The van der Waals surface area contributed by atoms with Gasteiger partial charge in [-0.1, -0.05) is 17.7 Å². The van der Waals surface area contributed by atoms with Crippen molar-refractivity contribution in [2.75, 3.05) is 27.2 Å². The molecule has 26 heavy (non-hydrogen) atoms. The molecular weight excluding hydrogens is 362 g/mol. The van der Waals surface area contributed by atoms with Crippen LogP contribution in [0.25, 0.3) is 5.69 Å². The lowest BCUT2D eigenvalue weighted by Crippen LogP contribution is -2.38. The van der Waals surface area contributed by atoms with Crippen molar-refractivity contribution >= 4 is 29.4 Å². The van der Waals surface area contributed by atoms with Crippen molar-refractivity contribution in [3.8, 4) is 5.69 Å². The van der Waals surface area contributed by atoms with Crippen molar-refractivity contribution in [3.05, 3.63) is 40.7 Å². The van der Waals surface area contributed by atoms with E-state index in [1.807, 2.05) is 0 Å². The number of halogens is 1. The summed E-state index contributed by atoms with van der Waals surface area (Å²) >= 11 is 5.93.